The maximum atomic E-state index is 12.9. The minimum Gasteiger partial charge on any atom is -0.392 e. The number of piperidine rings is 1. The van der Waals surface area contributed by atoms with Crippen LogP contribution in [-0.2, 0) is 16.1 Å². The molecule has 4 aromatic carbocycles. The lowest BCUT2D eigenvalue weighted by Gasteiger charge is -2.44. The number of hydrogen-bond acceptors (Lipinski definition) is 6. The van der Waals surface area contributed by atoms with Gasteiger partial charge in [0.15, 0.2) is 6.29 Å². The first-order valence-electron chi connectivity index (χ1n) is 16.4. The van der Waals surface area contributed by atoms with Gasteiger partial charge in [0.2, 0.25) is 0 Å². The first-order chi connectivity index (χ1) is 23.0. The first-order valence-corrected chi connectivity index (χ1v) is 16.4. The second kappa shape index (κ2) is 13.7. The molecule has 2 saturated heterocycles. The Morgan fingerprint density at radius 3 is 2.40 bits per heavy atom. The zero-order chi connectivity index (χ0) is 32.3. The fraction of sp³-hybridized carbons (Fsp3) is 0.316. The Bertz CT molecular complexity index is 1880. The Morgan fingerprint density at radius 1 is 0.894 bits per heavy atom. The molecule has 2 aliphatic rings. The van der Waals surface area contributed by atoms with Crippen molar-refractivity contribution >= 4 is 22.6 Å². The summed E-state index contributed by atoms with van der Waals surface area (Å²) in [6.07, 6.45) is 0.730. The maximum absolute atomic E-state index is 12.9. The van der Waals surface area contributed by atoms with Crippen molar-refractivity contribution in [2.24, 2.45) is 5.92 Å². The summed E-state index contributed by atoms with van der Waals surface area (Å²) in [5.41, 5.74) is 5.72. The van der Waals surface area contributed by atoms with Gasteiger partial charge in [-0.15, -0.1) is 0 Å². The van der Waals surface area contributed by atoms with Gasteiger partial charge in [-0.05, 0) is 60.4 Å². The molecule has 4 atom stereocenters. The Balaban J connectivity index is 1.09. The lowest BCUT2D eigenvalue weighted by atomic mass is 9.89. The number of aromatic amines is 1. The molecule has 2 aliphatic heterocycles. The molecule has 4 unspecified atom stereocenters. The molecule has 5 aromatic rings. The number of rotatable bonds is 8. The van der Waals surface area contributed by atoms with Crippen LogP contribution in [0, 0.1) is 5.92 Å². The van der Waals surface area contributed by atoms with E-state index in [2.05, 4.69) is 22.1 Å². The number of aliphatic hydroxyl groups is 1. The molecule has 3 N–H and O–H groups in total. The zero-order valence-electron chi connectivity index (χ0n) is 26.4. The van der Waals surface area contributed by atoms with Crippen LogP contribution in [-0.4, -0.2) is 51.2 Å². The molecular weight excluding hydrogens is 592 g/mol. The summed E-state index contributed by atoms with van der Waals surface area (Å²) in [5.74, 6) is -0.138. The van der Waals surface area contributed by atoms with Gasteiger partial charge in [0, 0.05) is 48.4 Å². The van der Waals surface area contributed by atoms with Crippen molar-refractivity contribution in [1.29, 1.82) is 0 Å². The number of aromatic nitrogens is 2. The van der Waals surface area contributed by atoms with Crippen molar-refractivity contribution in [3.05, 3.63) is 136 Å². The summed E-state index contributed by atoms with van der Waals surface area (Å²) in [4.78, 5) is 31.1. The van der Waals surface area contributed by atoms with Gasteiger partial charge in [0.1, 0.15) is 0 Å². The fourth-order valence-electron chi connectivity index (χ4n) is 6.94. The Hall–Kier alpha value is -4.54. The van der Waals surface area contributed by atoms with Gasteiger partial charge in [-0.3, -0.25) is 9.36 Å². The lowest BCUT2D eigenvalue weighted by Crippen LogP contribution is -2.47. The maximum Gasteiger partial charge on any atom is 0.326 e. The number of carbonyl (C=O) groups is 1. The van der Waals surface area contributed by atoms with Gasteiger partial charge in [0.25, 0.3) is 5.91 Å². The predicted octanol–water partition coefficient (Wildman–Crippen LogP) is 6.20. The molecule has 1 amide bonds. The van der Waals surface area contributed by atoms with Gasteiger partial charge < -0.3 is 29.8 Å². The van der Waals surface area contributed by atoms with Crippen LogP contribution in [0.2, 0.25) is 0 Å². The number of anilines is 1. The summed E-state index contributed by atoms with van der Waals surface area (Å²) in [5, 5.41) is 12.6. The van der Waals surface area contributed by atoms with Gasteiger partial charge in [-0.2, -0.15) is 0 Å². The fourth-order valence-corrected chi connectivity index (χ4v) is 6.94. The number of carbonyl (C=O) groups excluding carboxylic acids is 1. The summed E-state index contributed by atoms with van der Waals surface area (Å²) < 4.78 is 15.3. The number of nitrogens with one attached hydrogen (secondary N) is 2. The Labute approximate surface area is 273 Å². The van der Waals surface area contributed by atoms with Crippen molar-refractivity contribution < 1.29 is 19.4 Å². The van der Waals surface area contributed by atoms with Crippen molar-refractivity contribution in [2.75, 3.05) is 25.0 Å². The number of hydrogen-bond donors (Lipinski definition) is 3. The van der Waals surface area contributed by atoms with E-state index in [0.717, 1.165) is 60.2 Å². The molecule has 47 heavy (non-hydrogen) atoms. The molecule has 1 aromatic heterocycles. The number of ether oxygens (including phenoxy) is 2. The van der Waals surface area contributed by atoms with Crippen molar-refractivity contribution in [3.8, 4) is 0 Å². The number of likely N-dealkylation sites (tertiary alicyclic amines) is 1. The second-order valence-electron chi connectivity index (χ2n) is 12.6. The molecule has 0 aliphatic carbocycles. The van der Waals surface area contributed by atoms with Crippen LogP contribution >= 0.6 is 0 Å². The second-order valence-corrected chi connectivity index (χ2v) is 12.6. The topological polar surface area (TPSA) is 109 Å². The van der Waals surface area contributed by atoms with Gasteiger partial charge in [-0.1, -0.05) is 73.7 Å². The molecule has 0 saturated carbocycles. The SMILES string of the molecule is CC1C(CN2CCC(n3c(=O)[nH]c4ccccc43)CC2)OC(c2cccc(NC(=O)c3ccccc3)c2)OC1c1ccc(CO)cc1. The van der Waals surface area contributed by atoms with E-state index in [-0.39, 0.29) is 42.4 Å². The molecule has 9 heteroatoms. The van der Waals surface area contributed by atoms with E-state index < -0.39 is 6.29 Å². The minimum atomic E-state index is -0.644. The number of imidazole rings is 1. The van der Waals surface area contributed by atoms with E-state index in [0.29, 0.717) is 11.3 Å². The largest absolute Gasteiger partial charge is 0.392 e. The van der Waals surface area contributed by atoms with Crippen molar-refractivity contribution in [3.63, 3.8) is 0 Å². The summed E-state index contributed by atoms with van der Waals surface area (Å²) in [7, 11) is 0. The van der Waals surface area contributed by atoms with Crippen LogP contribution in [0.3, 0.4) is 0 Å². The van der Waals surface area contributed by atoms with Crippen LogP contribution in [0.4, 0.5) is 5.69 Å². The normalized spacial score (nSPS) is 22.3. The average Bonchev–Trinajstić information content (AvgIpc) is 3.45. The highest BCUT2D eigenvalue weighted by atomic mass is 16.7. The summed E-state index contributed by atoms with van der Waals surface area (Å²) >= 11 is 0. The number of amides is 1. The zero-order valence-corrected chi connectivity index (χ0v) is 26.4. The van der Waals surface area contributed by atoms with Crippen LogP contribution < -0.4 is 11.0 Å². The molecule has 3 heterocycles. The van der Waals surface area contributed by atoms with Gasteiger partial charge in [0.05, 0.1) is 29.8 Å². The smallest absolute Gasteiger partial charge is 0.326 e. The molecule has 2 fully saturated rings. The molecule has 0 spiro atoms. The third kappa shape index (κ3) is 6.66. The predicted molar refractivity (Wildman–Crippen MR) is 181 cm³/mol. The highest BCUT2D eigenvalue weighted by Crippen LogP contribution is 2.42. The molecule has 0 bridgehead atoms. The van der Waals surface area contributed by atoms with Gasteiger partial charge >= 0.3 is 5.69 Å². The highest BCUT2D eigenvalue weighted by Gasteiger charge is 2.39. The van der Waals surface area contributed by atoms with Crippen LogP contribution in [0.1, 0.15) is 65.2 Å². The third-order valence-corrected chi connectivity index (χ3v) is 9.56. The third-order valence-electron chi connectivity index (χ3n) is 9.56. The van der Waals surface area contributed by atoms with Crippen LogP contribution in [0.25, 0.3) is 11.0 Å². The quantitative estimate of drug-likeness (QED) is 0.188. The van der Waals surface area contributed by atoms with Crippen molar-refractivity contribution in [1.82, 2.24) is 14.5 Å². The first kappa shape index (κ1) is 31.1. The number of nitrogens with zero attached hydrogens (tertiary/aromatic N) is 2. The number of benzene rings is 4. The average molecular weight is 633 g/mol. The lowest BCUT2D eigenvalue weighted by molar-refractivity contribution is -0.276. The monoisotopic (exact) mass is 632 g/mol. The molecule has 9 nitrogen and oxygen atoms in total. The van der Waals surface area contributed by atoms with E-state index in [9.17, 15) is 14.7 Å². The number of H-pyrrole nitrogens is 1. The molecule has 7 rings (SSSR count). The van der Waals surface area contributed by atoms with E-state index in [4.69, 9.17) is 9.47 Å². The minimum absolute atomic E-state index is 0.0160. The molecule has 0 radical (unpaired) electrons. The number of para-hydroxylation sites is 2. The summed E-state index contributed by atoms with van der Waals surface area (Å²) in [6.45, 7) is 4.58. The van der Waals surface area contributed by atoms with Gasteiger partial charge in [-0.25, -0.2) is 4.79 Å². The molecule has 242 valence electrons. The molecular formula is C38H40N4O5. The summed E-state index contributed by atoms with van der Waals surface area (Å²) in [6, 6.07) is 32.7. The highest BCUT2D eigenvalue weighted by molar-refractivity contribution is 6.04. The Morgan fingerprint density at radius 2 is 1.64 bits per heavy atom. The standard InChI is InChI=1S/C38H40N4O5/c1-25-34(23-41-20-18-31(19-21-41)42-33-13-6-5-12-32(33)40-38(42)45)46-37(47-35(25)27-16-14-26(24-43)15-17-27)29-10-7-11-30(22-29)39-36(44)28-8-3-2-4-9-28/h2-17,22,25,31,34-35,37,43H,18-21,23-24H2,1H3,(H,39,44)(H,40,45). The van der Waals surface area contributed by atoms with E-state index in [1.165, 1.54) is 0 Å². The van der Waals surface area contributed by atoms with E-state index in [1.54, 1.807) is 12.1 Å². The van der Waals surface area contributed by atoms with E-state index in [1.807, 2.05) is 95.6 Å². The van der Waals surface area contributed by atoms with Crippen molar-refractivity contribution in [2.45, 2.75) is 50.9 Å². The number of fused-ring (bicyclic) bond motifs is 1. The van der Waals surface area contributed by atoms with Crippen LogP contribution in [0.5, 0.6) is 0 Å². The van der Waals surface area contributed by atoms with E-state index >= 15 is 0 Å². The Kier molecular flexibility index (Phi) is 9.04. The van der Waals surface area contributed by atoms with Crippen LogP contribution in [0.15, 0.2) is 108 Å². The number of aliphatic hydroxyl groups excluding tert-OH is 1.